The molecule has 0 N–H and O–H groups in total. The summed E-state index contributed by atoms with van der Waals surface area (Å²) in [6.07, 6.45) is 2.65. The molecule has 1 amide bonds. The van der Waals surface area contributed by atoms with E-state index in [1.54, 1.807) is 19.1 Å². The van der Waals surface area contributed by atoms with Gasteiger partial charge in [0.25, 0.3) is 0 Å². The lowest BCUT2D eigenvalue weighted by atomic mass is 10.1. The first kappa shape index (κ1) is 19.8. The van der Waals surface area contributed by atoms with E-state index in [1.165, 1.54) is 12.3 Å². The van der Waals surface area contributed by atoms with Gasteiger partial charge in [-0.25, -0.2) is 0 Å². The smallest absolute Gasteiger partial charge is 0.250 e. The maximum absolute atomic E-state index is 12.4. The van der Waals surface area contributed by atoms with Gasteiger partial charge < -0.3 is 23.8 Å². The monoisotopic (exact) mass is 383 g/mol. The Bertz CT molecular complexity index is 806. The van der Waals surface area contributed by atoms with Gasteiger partial charge in [-0.2, -0.15) is 0 Å². The molecule has 0 bridgehead atoms. The summed E-state index contributed by atoms with van der Waals surface area (Å²) in [6, 6.07) is 15.5. The predicted octanol–water partition coefficient (Wildman–Crippen LogP) is 3.16. The molecule has 2 aromatic carbocycles. The minimum Gasteiger partial charge on any atom is -0.497 e. The molecule has 1 aliphatic heterocycles. The highest BCUT2D eigenvalue weighted by Crippen LogP contribution is 2.26. The summed E-state index contributed by atoms with van der Waals surface area (Å²) in [5, 5.41) is 0. The average molecular weight is 383 g/mol. The van der Waals surface area contributed by atoms with Crippen LogP contribution in [0.5, 0.6) is 11.5 Å². The Balaban J connectivity index is 1.62. The van der Waals surface area contributed by atoms with Crippen molar-refractivity contribution in [2.24, 2.45) is 0 Å². The summed E-state index contributed by atoms with van der Waals surface area (Å²) >= 11 is 0. The molecule has 148 valence electrons. The van der Waals surface area contributed by atoms with E-state index in [-0.39, 0.29) is 12.0 Å². The third-order valence-electron chi connectivity index (χ3n) is 4.49. The van der Waals surface area contributed by atoms with Crippen LogP contribution in [0.4, 0.5) is 0 Å². The number of hydrogen-bond donors (Lipinski definition) is 0. The fourth-order valence-corrected chi connectivity index (χ4v) is 3.00. The second-order valence-electron chi connectivity index (χ2n) is 6.46. The Labute approximate surface area is 165 Å². The van der Waals surface area contributed by atoms with E-state index in [1.807, 2.05) is 48.5 Å². The van der Waals surface area contributed by atoms with Crippen molar-refractivity contribution in [3.05, 3.63) is 72.0 Å². The lowest BCUT2D eigenvalue weighted by molar-refractivity contribution is -0.127. The number of methoxy groups -OCH3 is 2. The Morgan fingerprint density at radius 3 is 2.68 bits per heavy atom. The van der Waals surface area contributed by atoms with Crippen LogP contribution in [0.15, 0.2) is 60.9 Å². The fourth-order valence-electron chi connectivity index (χ4n) is 3.00. The van der Waals surface area contributed by atoms with Gasteiger partial charge in [0.15, 0.2) is 0 Å². The topological polar surface area (TPSA) is 57.2 Å². The first-order valence-corrected chi connectivity index (χ1v) is 9.13. The molecule has 0 saturated carbocycles. The third kappa shape index (κ3) is 5.27. The van der Waals surface area contributed by atoms with Crippen LogP contribution in [0.1, 0.15) is 11.1 Å². The Morgan fingerprint density at radius 1 is 1.11 bits per heavy atom. The minimum absolute atomic E-state index is 0.108. The highest BCUT2D eigenvalue weighted by atomic mass is 16.5. The first-order chi connectivity index (χ1) is 13.7. The van der Waals surface area contributed by atoms with Gasteiger partial charge >= 0.3 is 0 Å². The number of hydrogen-bond acceptors (Lipinski definition) is 5. The van der Waals surface area contributed by atoms with Crippen molar-refractivity contribution >= 4 is 5.91 Å². The zero-order chi connectivity index (χ0) is 19.8. The van der Waals surface area contributed by atoms with Crippen molar-refractivity contribution in [2.75, 3.05) is 27.4 Å². The fraction of sp³-hybridized carbons (Fsp3) is 0.318. The zero-order valence-electron chi connectivity index (χ0n) is 16.2. The summed E-state index contributed by atoms with van der Waals surface area (Å²) in [5.41, 5.74) is 2.00. The van der Waals surface area contributed by atoms with E-state index in [4.69, 9.17) is 18.9 Å². The second-order valence-corrected chi connectivity index (χ2v) is 6.46. The maximum atomic E-state index is 12.4. The molecule has 0 aliphatic carbocycles. The lowest BCUT2D eigenvalue weighted by Gasteiger charge is -2.25. The summed E-state index contributed by atoms with van der Waals surface area (Å²) in [5.74, 6) is 1.28. The van der Waals surface area contributed by atoms with Crippen LogP contribution in [0.25, 0.3) is 0 Å². The van der Waals surface area contributed by atoms with Crippen LogP contribution in [0, 0.1) is 0 Å². The van der Waals surface area contributed by atoms with Gasteiger partial charge in [0.2, 0.25) is 5.91 Å². The van der Waals surface area contributed by atoms with E-state index in [2.05, 4.69) is 0 Å². The van der Waals surface area contributed by atoms with E-state index in [0.717, 1.165) is 11.1 Å². The van der Waals surface area contributed by atoms with E-state index >= 15 is 0 Å². The van der Waals surface area contributed by atoms with E-state index < -0.39 is 0 Å². The lowest BCUT2D eigenvalue weighted by Crippen LogP contribution is -2.37. The number of nitrogens with zero attached hydrogens (tertiary/aromatic N) is 1. The van der Waals surface area contributed by atoms with Gasteiger partial charge in [-0.1, -0.05) is 30.3 Å². The number of ether oxygens (including phenoxy) is 4. The number of carbonyl (C=O) groups is 1. The molecule has 1 unspecified atom stereocenters. The Morgan fingerprint density at radius 2 is 1.93 bits per heavy atom. The van der Waals surface area contributed by atoms with Crippen molar-refractivity contribution in [2.45, 2.75) is 19.3 Å². The highest BCUT2D eigenvalue weighted by Gasteiger charge is 2.23. The van der Waals surface area contributed by atoms with Crippen LogP contribution in [-0.4, -0.2) is 44.3 Å². The van der Waals surface area contributed by atoms with Crippen molar-refractivity contribution in [3.63, 3.8) is 0 Å². The molecule has 1 heterocycles. The number of amides is 1. The standard InChI is InChI=1S/C22H25NO5/c1-25-19-9-8-18(21(12-19)26-2)13-23-14-20(28-11-10-22(23)24)16-27-15-17-6-4-3-5-7-17/h3-12,20H,13-16H2,1-2H3. The SMILES string of the molecule is COc1ccc(CN2CC(COCc3ccccc3)OC=CC2=O)c(OC)c1. The minimum atomic E-state index is -0.240. The molecular weight excluding hydrogens is 358 g/mol. The van der Waals surface area contributed by atoms with Crippen molar-refractivity contribution in [1.82, 2.24) is 4.90 Å². The molecule has 0 radical (unpaired) electrons. The van der Waals surface area contributed by atoms with Crippen molar-refractivity contribution < 1.29 is 23.7 Å². The predicted molar refractivity (Wildman–Crippen MR) is 105 cm³/mol. The number of rotatable bonds is 8. The normalized spacial score (nSPS) is 16.4. The van der Waals surface area contributed by atoms with Crippen molar-refractivity contribution in [1.29, 1.82) is 0 Å². The molecule has 1 aliphatic rings. The molecule has 2 aromatic rings. The van der Waals surface area contributed by atoms with Gasteiger partial charge in [0.1, 0.15) is 17.6 Å². The summed E-state index contributed by atoms with van der Waals surface area (Å²) in [6.45, 7) is 1.73. The Kier molecular flexibility index (Phi) is 6.92. The van der Waals surface area contributed by atoms with Crippen LogP contribution in [-0.2, 0) is 27.4 Å². The second kappa shape index (κ2) is 9.80. The van der Waals surface area contributed by atoms with Crippen LogP contribution in [0.2, 0.25) is 0 Å². The molecule has 6 heteroatoms. The van der Waals surface area contributed by atoms with Gasteiger partial charge in [0.05, 0.1) is 40.2 Å². The molecule has 1 atom stereocenters. The summed E-state index contributed by atoms with van der Waals surface area (Å²) in [7, 11) is 3.21. The van der Waals surface area contributed by atoms with Crippen LogP contribution in [0.3, 0.4) is 0 Å². The van der Waals surface area contributed by atoms with Gasteiger partial charge in [-0.05, 0) is 17.7 Å². The molecule has 0 saturated heterocycles. The highest BCUT2D eigenvalue weighted by molar-refractivity contribution is 5.87. The van der Waals surface area contributed by atoms with Crippen molar-refractivity contribution in [3.8, 4) is 11.5 Å². The van der Waals surface area contributed by atoms with Crippen LogP contribution < -0.4 is 9.47 Å². The molecule has 0 fully saturated rings. The van der Waals surface area contributed by atoms with E-state index in [0.29, 0.717) is 37.8 Å². The van der Waals surface area contributed by atoms with Gasteiger partial charge in [-0.15, -0.1) is 0 Å². The van der Waals surface area contributed by atoms with Gasteiger partial charge in [-0.3, -0.25) is 4.79 Å². The number of carbonyl (C=O) groups excluding carboxylic acids is 1. The van der Waals surface area contributed by atoms with Gasteiger partial charge in [0, 0.05) is 24.3 Å². The van der Waals surface area contributed by atoms with Crippen LogP contribution >= 0.6 is 0 Å². The molecule has 0 aromatic heterocycles. The molecule has 0 spiro atoms. The maximum Gasteiger partial charge on any atom is 0.250 e. The molecule has 28 heavy (non-hydrogen) atoms. The molecule has 6 nitrogen and oxygen atoms in total. The first-order valence-electron chi connectivity index (χ1n) is 9.13. The summed E-state index contributed by atoms with van der Waals surface area (Å²) in [4.78, 5) is 14.2. The number of benzene rings is 2. The zero-order valence-corrected chi connectivity index (χ0v) is 16.2. The Hall–Kier alpha value is -2.99. The third-order valence-corrected chi connectivity index (χ3v) is 4.49. The average Bonchev–Trinajstić information content (AvgIpc) is 2.90. The summed E-state index contributed by atoms with van der Waals surface area (Å²) < 4.78 is 22.1. The largest absolute Gasteiger partial charge is 0.497 e. The molecular formula is C22H25NO5. The quantitative estimate of drug-likeness (QED) is 0.701. The molecule has 3 rings (SSSR count). The van der Waals surface area contributed by atoms with E-state index in [9.17, 15) is 4.79 Å².